The van der Waals surface area contributed by atoms with E-state index in [-0.39, 0.29) is 17.2 Å². The number of nitrogens with zero attached hydrogens (tertiary/aromatic N) is 1. The molecule has 28 heavy (non-hydrogen) atoms. The van der Waals surface area contributed by atoms with Crippen LogP contribution in [0.1, 0.15) is 18.5 Å². The molecule has 2 heterocycles. The second-order valence-electron chi connectivity index (χ2n) is 6.36. The summed E-state index contributed by atoms with van der Waals surface area (Å²) in [6.45, 7) is 1.69. The third-order valence-corrected chi connectivity index (χ3v) is 6.18. The van der Waals surface area contributed by atoms with E-state index < -0.39 is 46.0 Å². The summed E-state index contributed by atoms with van der Waals surface area (Å²) < 4.78 is 12.6. The van der Waals surface area contributed by atoms with Gasteiger partial charge in [0.2, 0.25) is 5.91 Å². The molecule has 3 rings (SSSR count). The zero-order valence-electron chi connectivity index (χ0n) is 14.9. The van der Waals surface area contributed by atoms with Crippen molar-refractivity contribution in [3.8, 4) is 5.75 Å². The van der Waals surface area contributed by atoms with Gasteiger partial charge >= 0.3 is 5.97 Å². The third-order valence-electron chi connectivity index (χ3n) is 4.56. The quantitative estimate of drug-likeness (QED) is 0.492. The number of carboxylic acid groups (broad SMARTS) is 1. The molecule has 2 aliphatic heterocycles. The van der Waals surface area contributed by atoms with Gasteiger partial charge in [-0.15, -0.1) is 0 Å². The Kier molecular flexibility index (Phi) is 5.34. The van der Waals surface area contributed by atoms with Gasteiger partial charge in [0.1, 0.15) is 28.9 Å². The first kappa shape index (κ1) is 19.8. The number of carboxylic acids is 1. The molecule has 0 saturated carbocycles. The fraction of sp³-hybridized carbons (Fsp3) is 0.278. The molecule has 1 unspecified atom stereocenters. The molecule has 2 aliphatic rings. The first-order valence-corrected chi connectivity index (χ1v) is 9.78. The van der Waals surface area contributed by atoms with Gasteiger partial charge in [-0.2, -0.15) is 0 Å². The Hall–Kier alpha value is -2.98. The number of β-lactam (4-membered cyclic amide) rings is 1. The molecule has 148 valence electrons. The summed E-state index contributed by atoms with van der Waals surface area (Å²) in [5.74, 6) is -2.63. The molecule has 10 heteroatoms. The molecule has 0 aliphatic carbocycles. The van der Waals surface area contributed by atoms with Gasteiger partial charge in [-0.25, -0.2) is 4.79 Å². The fourth-order valence-electron chi connectivity index (χ4n) is 3.21. The highest BCUT2D eigenvalue weighted by molar-refractivity contribution is 7.86. The second kappa shape index (κ2) is 7.56. The predicted molar refractivity (Wildman–Crippen MR) is 100 cm³/mol. The normalized spacial score (nSPS) is 25.3. The van der Waals surface area contributed by atoms with Crippen LogP contribution in [0.5, 0.6) is 5.75 Å². The van der Waals surface area contributed by atoms with Gasteiger partial charge in [0.15, 0.2) is 0 Å². The first-order chi connectivity index (χ1) is 13.3. The van der Waals surface area contributed by atoms with Gasteiger partial charge in [-0.1, -0.05) is 24.3 Å². The maximum Gasteiger partial charge on any atom is 0.352 e. The summed E-state index contributed by atoms with van der Waals surface area (Å²) in [4.78, 5) is 37.5. The molecular weight excluding hydrogens is 386 g/mol. The number of carbonyl (C=O) groups is 3. The Balaban J connectivity index is 1.80. The van der Waals surface area contributed by atoms with Gasteiger partial charge in [0.25, 0.3) is 5.91 Å². The number of allylic oxidation sites excluding steroid dienone is 2. The van der Waals surface area contributed by atoms with Crippen LogP contribution in [0, 0.1) is 0 Å². The molecule has 0 bridgehead atoms. The lowest BCUT2D eigenvalue weighted by Crippen LogP contribution is -2.74. The lowest BCUT2D eigenvalue weighted by molar-refractivity contribution is -0.151. The van der Waals surface area contributed by atoms with Gasteiger partial charge in [0, 0.05) is 0 Å². The number of amides is 2. The van der Waals surface area contributed by atoms with Crippen molar-refractivity contribution >= 4 is 28.6 Å². The highest BCUT2D eigenvalue weighted by atomic mass is 32.2. The minimum atomic E-state index is -1.58. The third kappa shape index (κ3) is 3.32. The summed E-state index contributed by atoms with van der Waals surface area (Å²) >= 11 is 0. The molecule has 4 atom stereocenters. The van der Waals surface area contributed by atoms with Crippen LogP contribution in [-0.2, 0) is 25.2 Å². The number of hydrogen-bond acceptors (Lipinski definition) is 6. The van der Waals surface area contributed by atoms with Gasteiger partial charge < -0.3 is 21.3 Å². The molecule has 0 radical (unpaired) electrons. The minimum absolute atomic E-state index is 0.0173. The molecule has 9 nitrogen and oxygen atoms in total. The van der Waals surface area contributed by atoms with Crippen molar-refractivity contribution in [2.45, 2.75) is 24.4 Å². The van der Waals surface area contributed by atoms with E-state index in [0.717, 1.165) is 4.90 Å². The molecule has 1 aromatic rings. The fourth-order valence-corrected chi connectivity index (χ4v) is 4.85. The van der Waals surface area contributed by atoms with Crippen LogP contribution in [0.4, 0.5) is 0 Å². The van der Waals surface area contributed by atoms with Crippen molar-refractivity contribution in [2.75, 3.05) is 5.75 Å². The summed E-state index contributed by atoms with van der Waals surface area (Å²) in [6.07, 6.45) is 3.12. The summed E-state index contributed by atoms with van der Waals surface area (Å²) in [5.41, 5.74) is 6.39. The monoisotopic (exact) mass is 405 g/mol. The van der Waals surface area contributed by atoms with Crippen LogP contribution < -0.4 is 11.1 Å². The Bertz CT molecular complexity index is 924. The summed E-state index contributed by atoms with van der Waals surface area (Å²) in [5, 5.41) is 20.3. The Labute approximate surface area is 163 Å². The number of aromatic hydroxyl groups is 1. The minimum Gasteiger partial charge on any atom is -0.508 e. The summed E-state index contributed by atoms with van der Waals surface area (Å²) in [6, 6.07) is 3.48. The SMILES string of the molecule is C/C=C\C1=C(C(=O)O)N2C(=O)[C@@H](NC(=O)[C@H](N)c3ccc(O)cc3)[C@H]2S(=O)C1. The average molecular weight is 405 g/mol. The van der Waals surface area contributed by atoms with Crippen LogP contribution in [0.25, 0.3) is 0 Å². The number of carbonyl (C=O) groups excluding carboxylic acids is 2. The van der Waals surface area contributed by atoms with Crippen molar-refractivity contribution in [1.29, 1.82) is 0 Å². The number of rotatable bonds is 5. The standard InChI is InChI=1S/C18H19N3O6S/c1-2-3-10-8-28(27)17-13(16(24)21(17)14(10)18(25)26)20-15(23)12(19)9-4-6-11(22)7-5-9/h2-7,12-13,17,22H,8,19H2,1H3,(H,20,23)(H,25,26)/b3-2-/t12-,13-,17-,28?/m1/s1. The molecule has 5 N–H and O–H groups in total. The van der Waals surface area contributed by atoms with Crippen molar-refractivity contribution in [3.63, 3.8) is 0 Å². The number of phenolic OH excluding ortho intramolecular Hbond substituents is 1. The predicted octanol–water partition coefficient (Wildman–Crippen LogP) is -0.278. The second-order valence-corrected chi connectivity index (χ2v) is 7.89. The van der Waals surface area contributed by atoms with E-state index in [9.17, 15) is 28.8 Å². The van der Waals surface area contributed by atoms with E-state index in [1.54, 1.807) is 13.0 Å². The number of benzene rings is 1. The lowest BCUT2D eigenvalue weighted by atomic mass is 10.0. The van der Waals surface area contributed by atoms with Crippen LogP contribution >= 0.6 is 0 Å². The maximum absolute atomic E-state index is 12.6. The number of hydrogen-bond donors (Lipinski definition) is 4. The Morgan fingerprint density at radius 2 is 2.00 bits per heavy atom. The molecule has 1 aromatic carbocycles. The number of fused-ring (bicyclic) bond motifs is 1. The van der Waals surface area contributed by atoms with E-state index in [2.05, 4.69) is 5.32 Å². The van der Waals surface area contributed by atoms with E-state index in [4.69, 9.17) is 5.73 Å². The van der Waals surface area contributed by atoms with E-state index in [1.807, 2.05) is 0 Å². The molecular formula is C18H19N3O6S. The molecule has 0 aromatic heterocycles. The smallest absolute Gasteiger partial charge is 0.352 e. The largest absolute Gasteiger partial charge is 0.508 e. The number of nitrogens with two attached hydrogens (primary N) is 1. The molecule has 1 fully saturated rings. The van der Waals surface area contributed by atoms with Crippen molar-refractivity contribution in [1.82, 2.24) is 10.2 Å². The lowest BCUT2D eigenvalue weighted by Gasteiger charge is -2.49. The maximum atomic E-state index is 12.6. The van der Waals surface area contributed by atoms with Crippen LogP contribution in [0.15, 0.2) is 47.7 Å². The number of aliphatic carboxylic acids is 1. The highest BCUT2D eigenvalue weighted by Gasteiger charge is 2.57. The van der Waals surface area contributed by atoms with Gasteiger partial charge in [-0.05, 0) is 30.2 Å². The summed E-state index contributed by atoms with van der Waals surface area (Å²) in [7, 11) is -1.58. The Morgan fingerprint density at radius 1 is 1.36 bits per heavy atom. The van der Waals surface area contributed by atoms with Crippen molar-refractivity contribution in [2.24, 2.45) is 5.73 Å². The highest BCUT2D eigenvalue weighted by Crippen LogP contribution is 2.35. The van der Waals surface area contributed by atoms with E-state index in [1.165, 1.54) is 30.3 Å². The van der Waals surface area contributed by atoms with Gasteiger partial charge in [0.05, 0.1) is 16.6 Å². The topological polar surface area (TPSA) is 150 Å². The van der Waals surface area contributed by atoms with E-state index >= 15 is 0 Å². The van der Waals surface area contributed by atoms with Crippen LogP contribution in [0.3, 0.4) is 0 Å². The Morgan fingerprint density at radius 3 is 2.57 bits per heavy atom. The molecule has 0 spiro atoms. The molecule has 2 amide bonds. The number of nitrogens with one attached hydrogen (secondary N) is 1. The average Bonchev–Trinajstić information content (AvgIpc) is 2.65. The van der Waals surface area contributed by atoms with Crippen molar-refractivity contribution < 1.29 is 28.8 Å². The van der Waals surface area contributed by atoms with Crippen LogP contribution in [0.2, 0.25) is 0 Å². The number of phenols is 1. The molecule has 1 saturated heterocycles. The first-order valence-electron chi connectivity index (χ1n) is 8.40. The zero-order chi connectivity index (χ0) is 20.6. The van der Waals surface area contributed by atoms with E-state index in [0.29, 0.717) is 11.1 Å². The van der Waals surface area contributed by atoms with Gasteiger partial charge in [-0.3, -0.25) is 18.7 Å². The zero-order valence-corrected chi connectivity index (χ0v) is 15.7. The van der Waals surface area contributed by atoms with Crippen LogP contribution in [-0.4, -0.2) is 54.3 Å². The van der Waals surface area contributed by atoms with Crippen molar-refractivity contribution in [3.05, 3.63) is 53.3 Å².